The van der Waals surface area contributed by atoms with E-state index in [1.165, 1.54) is 16.3 Å². The summed E-state index contributed by atoms with van der Waals surface area (Å²) in [6.45, 7) is 9.06. The van der Waals surface area contributed by atoms with Gasteiger partial charge in [-0.3, -0.25) is 0 Å². The summed E-state index contributed by atoms with van der Waals surface area (Å²) in [5, 5.41) is 1.53. The van der Waals surface area contributed by atoms with E-state index in [-0.39, 0.29) is 0 Å². The molecule has 0 aromatic heterocycles. The predicted molar refractivity (Wildman–Crippen MR) is 59.5 cm³/mol. The third kappa shape index (κ3) is 1.78. The molecule has 12 heavy (non-hydrogen) atoms. The van der Waals surface area contributed by atoms with Gasteiger partial charge in [-0.15, -0.1) is 0 Å². The van der Waals surface area contributed by atoms with E-state index in [0.29, 0.717) is 5.41 Å². The van der Waals surface area contributed by atoms with E-state index in [1.807, 2.05) is 0 Å². The van der Waals surface area contributed by atoms with Crippen LogP contribution in [0.2, 0.25) is 0 Å². The van der Waals surface area contributed by atoms with E-state index in [0.717, 1.165) is 10.2 Å². The van der Waals surface area contributed by atoms with Gasteiger partial charge in [0.2, 0.25) is 0 Å². The Kier molecular flexibility index (Phi) is 2.43. The first-order chi connectivity index (χ1) is 5.43. The first-order valence-corrected chi connectivity index (χ1v) is 5.49. The maximum atomic E-state index is 2.27. The average Bonchev–Trinajstić information content (AvgIpc) is 1.92. The summed E-state index contributed by atoms with van der Waals surface area (Å²) >= 11 is 0. The van der Waals surface area contributed by atoms with Crippen LogP contribution >= 0.6 is 0 Å². The average molecular weight is 178 g/mol. The van der Waals surface area contributed by atoms with Gasteiger partial charge in [-0.05, 0) is 23.5 Å². The molecule has 0 amide bonds. The highest BCUT2D eigenvalue weighted by Gasteiger charge is 2.15. The van der Waals surface area contributed by atoms with E-state index >= 15 is 0 Å². The van der Waals surface area contributed by atoms with Gasteiger partial charge in [0.05, 0.1) is 0 Å². The number of benzene rings is 1. The number of hydrogen-bond acceptors (Lipinski definition) is 0. The summed E-state index contributed by atoms with van der Waals surface area (Å²) < 4.78 is 0. The molecule has 0 heterocycles. The molecule has 1 aromatic carbocycles. The monoisotopic (exact) mass is 178 g/mol. The third-order valence-corrected chi connectivity index (χ3v) is 3.50. The van der Waals surface area contributed by atoms with Crippen molar-refractivity contribution >= 4 is 15.4 Å². The van der Waals surface area contributed by atoms with Crippen LogP contribution in [0.15, 0.2) is 18.2 Å². The van der Waals surface area contributed by atoms with Crippen molar-refractivity contribution in [3.63, 3.8) is 0 Å². The van der Waals surface area contributed by atoms with Crippen molar-refractivity contribution in [2.75, 3.05) is 0 Å². The summed E-state index contributed by atoms with van der Waals surface area (Å²) in [6.07, 6.45) is 0. The van der Waals surface area contributed by atoms with Gasteiger partial charge < -0.3 is 0 Å². The molecule has 0 N–H and O–H groups in total. The summed E-state index contributed by atoms with van der Waals surface area (Å²) in [4.78, 5) is 0. The van der Waals surface area contributed by atoms with Gasteiger partial charge in [-0.1, -0.05) is 44.2 Å². The lowest BCUT2D eigenvalue weighted by Gasteiger charge is -2.22. The Morgan fingerprint density at radius 3 is 2.17 bits per heavy atom. The minimum Gasteiger partial charge on any atom is -0.0676 e. The van der Waals surface area contributed by atoms with Crippen molar-refractivity contribution in [3.8, 4) is 0 Å². The van der Waals surface area contributed by atoms with Crippen LogP contribution in [-0.2, 0) is 5.41 Å². The summed E-state index contributed by atoms with van der Waals surface area (Å²) in [5.41, 5.74) is 3.29. The smallest absolute Gasteiger partial charge is 0.0388 e. The van der Waals surface area contributed by atoms with Crippen LogP contribution in [0, 0.1) is 6.92 Å². The molecule has 66 valence electrons. The van der Waals surface area contributed by atoms with Crippen molar-refractivity contribution in [2.45, 2.75) is 33.1 Å². The molecule has 0 aliphatic heterocycles. The third-order valence-electron chi connectivity index (χ3n) is 2.41. The first-order valence-electron chi connectivity index (χ1n) is 4.49. The molecule has 0 aliphatic carbocycles. The van der Waals surface area contributed by atoms with Crippen molar-refractivity contribution in [3.05, 3.63) is 29.3 Å². The summed E-state index contributed by atoms with van der Waals surface area (Å²) in [6, 6.07) is 6.66. The van der Waals surface area contributed by atoms with Crippen LogP contribution in [0.1, 0.15) is 31.9 Å². The van der Waals surface area contributed by atoms with Crippen LogP contribution < -0.4 is 5.19 Å². The predicted octanol–water partition coefficient (Wildman–Crippen LogP) is 1.28. The quantitative estimate of drug-likeness (QED) is 0.525. The normalized spacial score (nSPS) is 12.0. The number of hydrogen-bond donors (Lipinski definition) is 0. The largest absolute Gasteiger partial charge is 0.0676 e. The van der Waals surface area contributed by atoms with Crippen LogP contribution in [0.4, 0.5) is 0 Å². The zero-order chi connectivity index (χ0) is 9.35. The highest BCUT2D eigenvalue weighted by Crippen LogP contribution is 2.23. The lowest BCUT2D eigenvalue weighted by Crippen LogP contribution is -2.19. The Morgan fingerprint density at radius 2 is 1.75 bits per heavy atom. The first kappa shape index (κ1) is 9.52. The SMILES string of the molecule is Cc1c([SiH3])cccc1C(C)(C)C. The molecule has 0 atom stereocenters. The Balaban J connectivity index is 3.26. The maximum absolute atomic E-state index is 2.27. The Bertz CT molecular complexity index is 282. The molecule has 0 radical (unpaired) electrons. The van der Waals surface area contributed by atoms with Crippen molar-refractivity contribution in [2.24, 2.45) is 0 Å². The molecular weight excluding hydrogens is 160 g/mol. The summed E-state index contributed by atoms with van der Waals surface area (Å²) in [5.74, 6) is 0. The molecule has 0 saturated heterocycles. The molecule has 0 spiro atoms. The van der Waals surface area contributed by atoms with E-state index in [4.69, 9.17) is 0 Å². The Morgan fingerprint density at radius 1 is 1.17 bits per heavy atom. The van der Waals surface area contributed by atoms with Crippen molar-refractivity contribution in [1.82, 2.24) is 0 Å². The minimum absolute atomic E-state index is 0.296. The van der Waals surface area contributed by atoms with Crippen LogP contribution in [-0.4, -0.2) is 10.2 Å². The topological polar surface area (TPSA) is 0 Å². The van der Waals surface area contributed by atoms with Gasteiger partial charge in [0.15, 0.2) is 0 Å². The molecule has 0 unspecified atom stereocenters. The van der Waals surface area contributed by atoms with Gasteiger partial charge in [0.25, 0.3) is 0 Å². The zero-order valence-corrected chi connectivity index (χ0v) is 10.7. The molecule has 0 bridgehead atoms. The fourth-order valence-corrected chi connectivity index (χ4v) is 2.03. The van der Waals surface area contributed by atoms with Crippen LogP contribution in [0.25, 0.3) is 0 Å². The van der Waals surface area contributed by atoms with E-state index < -0.39 is 0 Å². The van der Waals surface area contributed by atoms with E-state index in [2.05, 4.69) is 45.9 Å². The van der Waals surface area contributed by atoms with Gasteiger partial charge in [-0.25, -0.2) is 0 Å². The second-order valence-electron chi connectivity index (χ2n) is 4.50. The maximum Gasteiger partial charge on any atom is 0.0388 e. The molecule has 1 rings (SSSR count). The second-order valence-corrected chi connectivity index (χ2v) is 5.57. The standard InChI is InChI=1S/C11H18Si/c1-8-9(11(2,3)4)6-5-7-10(8)12/h5-7H,1-4,12H3. The van der Waals surface area contributed by atoms with Crippen LogP contribution in [0.3, 0.4) is 0 Å². The van der Waals surface area contributed by atoms with Crippen molar-refractivity contribution in [1.29, 1.82) is 0 Å². The van der Waals surface area contributed by atoms with Gasteiger partial charge in [0.1, 0.15) is 0 Å². The molecule has 1 aromatic rings. The van der Waals surface area contributed by atoms with Crippen molar-refractivity contribution < 1.29 is 0 Å². The highest BCUT2D eigenvalue weighted by molar-refractivity contribution is 6.33. The molecule has 0 fully saturated rings. The Labute approximate surface area is 78.4 Å². The second kappa shape index (κ2) is 3.06. The molecular formula is C11H18Si. The van der Waals surface area contributed by atoms with Gasteiger partial charge >= 0.3 is 0 Å². The summed E-state index contributed by atoms with van der Waals surface area (Å²) in [7, 11) is 1.16. The van der Waals surface area contributed by atoms with E-state index in [9.17, 15) is 0 Å². The molecule has 1 heteroatoms. The Hall–Kier alpha value is -0.563. The van der Waals surface area contributed by atoms with Gasteiger partial charge in [-0.2, -0.15) is 0 Å². The minimum atomic E-state index is 0.296. The molecule has 0 aliphatic rings. The lowest BCUT2D eigenvalue weighted by atomic mass is 9.84. The van der Waals surface area contributed by atoms with Gasteiger partial charge in [0, 0.05) is 10.2 Å². The zero-order valence-electron chi connectivity index (χ0n) is 8.73. The lowest BCUT2D eigenvalue weighted by molar-refractivity contribution is 0.587. The van der Waals surface area contributed by atoms with Crippen LogP contribution in [0.5, 0.6) is 0 Å². The molecule has 0 nitrogen and oxygen atoms in total. The fraction of sp³-hybridized carbons (Fsp3) is 0.455. The molecule has 0 saturated carbocycles. The highest BCUT2D eigenvalue weighted by atomic mass is 28.1. The van der Waals surface area contributed by atoms with E-state index in [1.54, 1.807) is 0 Å². The number of rotatable bonds is 0. The fourth-order valence-electron chi connectivity index (χ4n) is 1.56.